The minimum absolute atomic E-state index is 0.251. The van der Waals surface area contributed by atoms with Crippen LogP contribution in [-0.2, 0) is 14.3 Å². The summed E-state index contributed by atoms with van der Waals surface area (Å²) in [6, 6.07) is 9.13. The Labute approximate surface area is 86.1 Å². The van der Waals surface area contributed by atoms with E-state index in [0.717, 1.165) is 10.1 Å². The minimum Gasteiger partial charge on any atom is -0.269 e. The molecule has 1 aromatic heterocycles. The molecular weight excluding hydrogens is 220 g/mol. The Kier molecular flexibility index (Phi) is 2.30. The first-order chi connectivity index (χ1) is 6.63. The molecule has 0 saturated carbocycles. The van der Waals surface area contributed by atoms with Crippen LogP contribution < -0.4 is 0 Å². The molecular formula is C9H8O3S2. The maximum atomic E-state index is 11.4. The van der Waals surface area contributed by atoms with Gasteiger partial charge in [0.15, 0.2) is 0 Å². The molecule has 1 heterocycles. The predicted molar refractivity (Wildman–Crippen MR) is 56.0 cm³/mol. The second kappa shape index (κ2) is 3.34. The Bertz CT molecular complexity index is 521. The average molecular weight is 228 g/mol. The highest BCUT2D eigenvalue weighted by Gasteiger charge is 2.15. The van der Waals surface area contributed by atoms with Crippen molar-refractivity contribution >= 4 is 31.5 Å². The van der Waals surface area contributed by atoms with Crippen LogP contribution in [0, 0.1) is 0 Å². The number of benzene rings is 1. The highest BCUT2D eigenvalue weighted by Crippen LogP contribution is 2.29. The third kappa shape index (κ3) is 1.54. The van der Waals surface area contributed by atoms with E-state index < -0.39 is 10.1 Å². The standard InChI is InChI=1S/C9H8O3S2/c1-12-14(10,11)9-6-7-4-2-3-5-8(7)13-9/h2-6H,1H3. The third-order valence-corrected chi connectivity index (χ3v) is 4.69. The lowest BCUT2D eigenvalue weighted by atomic mass is 10.3. The van der Waals surface area contributed by atoms with Crippen LogP contribution in [0.25, 0.3) is 10.1 Å². The van der Waals surface area contributed by atoms with Crippen LogP contribution in [0.4, 0.5) is 0 Å². The highest BCUT2D eigenvalue weighted by molar-refractivity contribution is 7.89. The van der Waals surface area contributed by atoms with Gasteiger partial charge in [0.1, 0.15) is 4.21 Å². The molecule has 14 heavy (non-hydrogen) atoms. The van der Waals surface area contributed by atoms with E-state index in [2.05, 4.69) is 4.18 Å². The molecule has 0 amide bonds. The van der Waals surface area contributed by atoms with Gasteiger partial charge in [0.25, 0.3) is 0 Å². The molecule has 0 bridgehead atoms. The van der Waals surface area contributed by atoms with E-state index in [1.54, 1.807) is 6.07 Å². The molecule has 0 saturated heterocycles. The van der Waals surface area contributed by atoms with Gasteiger partial charge in [-0.2, -0.15) is 8.42 Å². The zero-order valence-corrected chi connectivity index (χ0v) is 9.06. The summed E-state index contributed by atoms with van der Waals surface area (Å²) >= 11 is 1.22. The van der Waals surface area contributed by atoms with Crippen molar-refractivity contribution in [3.63, 3.8) is 0 Å². The van der Waals surface area contributed by atoms with Crippen molar-refractivity contribution in [1.82, 2.24) is 0 Å². The van der Waals surface area contributed by atoms with Gasteiger partial charge in [-0.1, -0.05) is 18.2 Å². The van der Waals surface area contributed by atoms with Crippen molar-refractivity contribution in [2.45, 2.75) is 4.21 Å². The predicted octanol–water partition coefficient (Wildman–Crippen LogP) is 2.24. The van der Waals surface area contributed by atoms with Crippen molar-refractivity contribution in [2.24, 2.45) is 0 Å². The van der Waals surface area contributed by atoms with Crippen LogP contribution in [0.1, 0.15) is 0 Å². The first kappa shape index (κ1) is 9.64. The summed E-state index contributed by atoms with van der Waals surface area (Å²) in [6.45, 7) is 0. The van der Waals surface area contributed by atoms with Gasteiger partial charge in [-0.15, -0.1) is 11.3 Å². The number of rotatable bonds is 2. The van der Waals surface area contributed by atoms with Crippen LogP contribution in [-0.4, -0.2) is 15.5 Å². The van der Waals surface area contributed by atoms with Gasteiger partial charge < -0.3 is 0 Å². The Hall–Kier alpha value is -0.910. The molecule has 0 aliphatic heterocycles. The molecule has 74 valence electrons. The number of thiophene rings is 1. The normalized spacial score (nSPS) is 12.1. The molecule has 0 aliphatic carbocycles. The Balaban J connectivity index is 2.67. The second-order valence-corrected chi connectivity index (χ2v) is 5.75. The lowest BCUT2D eigenvalue weighted by Crippen LogP contribution is -1.99. The topological polar surface area (TPSA) is 43.4 Å². The van der Waals surface area contributed by atoms with Gasteiger partial charge >= 0.3 is 10.1 Å². The van der Waals surface area contributed by atoms with E-state index in [-0.39, 0.29) is 4.21 Å². The molecule has 5 heteroatoms. The van der Waals surface area contributed by atoms with E-state index >= 15 is 0 Å². The van der Waals surface area contributed by atoms with Crippen molar-refractivity contribution in [1.29, 1.82) is 0 Å². The second-order valence-electron chi connectivity index (χ2n) is 2.72. The van der Waals surface area contributed by atoms with Gasteiger partial charge in [0.05, 0.1) is 7.11 Å². The third-order valence-electron chi connectivity index (χ3n) is 1.87. The fourth-order valence-corrected chi connectivity index (χ4v) is 3.27. The molecule has 0 N–H and O–H groups in total. The number of fused-ring (bicyclic) bond motifs is 1. The van der Waals surface area contributed by atoms with Crippen LogP contribution in [0.15, 0.2) is 34.5 Å². The summed E-state index contributed by atoms with van der Waals surface area (Å²) in [4.78, 5) is 0. The maximum absolute atomic E-state index is 11.4. The van der Waals surface area contributed by atoms with Crippen molar-refractivity contribution < 1.29 is 12.6 Å². The van der Waals surface area contributed by atoms with Gasteiger partial charge in [-0.05, 0) is 17.5 Å². The largest absolute Gasteiger partial charge is 0.306 e. The molecule has 2 rings (SSSR count). The van der Waals surface area contributed by atoms with Gasteiger partial charge in [-0.25, -0.2) is 0 Å². The Morgan fingerprint density at radius 3 is 2.64 bits per heavy atom. The fourth-order valence-electron chi connectivity index (χ4n) is 1.16. The van der Waals surface area contributed by atoms with Crippen molar-refractivity contribution in [3.05, 3.63) is 30.3 Å². The minimum atomic E-state index is -3.54. The maximum Gasteiger partial charge on any atom is 0.306 e. The van der Waals surface area contributed by atoms with Gasteiger partial charge in [0.2, 0.25) is 0 Å². The first-order valence-electron chi connectivity index (χ1n) is 3.93. The summed E-state index contributed by atoms with van der Waals surface area (Å²) < 4.78 is 28.4. The molecule has 2 aromatic rings. The lowest BCUT2D eigenvalue weighted by molar-refractivity contribution is 0.399. The molecule has 0 atom stereocenters. The highest BCUT2D eigenvalue weighted by atomic mass is 32.3. The summed E-state index contributed by atoms with van der Waals surface area (Å²) in [5, 5.41) is 0.924. The van der Waals surface area contributed by atoms with E-state index in [4.69, 9.17) is 0 Å². The van der Waals surface area contributed by atoms with Crippen LogP contribution in [0.3, 0.4) is 0 Å². The zero-order chi connectivity index (χ0) is 10.2. The molecule has 0 radical (unpaired) electrons. The van der Waals surface area contributed by atoms with E-state index in [0.29, 0.717) is 0 Å². The number of hydrogen-bond acceptors (Lipinski definition) is 4. The molecule has 3 nitrogen and oxygen atoms in total. The van der Waals surface area contributed by atoms with E-state index in [1.807, 2.05) is 24.3 Å². The summed E-state index contributed by atoms with van der Waals surface area (Å²) in [5.41, 5.74) is 0. The van der Waals surface area contributed by atoms with Crippen LogP contribution in [0.2, 0.25) is 0 Å². The molecule has 0 aliphatic rings. The van der Waals surface area contributed by atoms with Crippen LogP contribution in [0.5, 0.6) is 0 Å². The molecule has 0 unspecified atom stereocenters. The van der Waals surface area contributed by atoms with Gasteiger partial charge in [-0.3, -0.25) is 4.18 Å². The monoisotopic (exact) mass is 228 g/mol. The summed E-state index contributed by atoms with van der Waals surface area (Å²) in [7, 11) is -2.38. The first-order valence-corrected chi connectivity index (χ1v) is 6.15. The van der Waals surface area contributed by atoms with Crippen molar-refractivity contribution in [2.75, 3.05) is 7.11 Å². The molecule has 0 spiro atoms. The van der Waals surface area contributed by atoms with Crippen LogP contribution >= 0.6 is 11.3 Å². The Morgan fingerprint density at radius 1 is 1.29 bits per heavy atom. The average Bonchev–Trinajstić information content (AvgIpc) is 2.61. The van der Waals surface area contributed by atoms with Gasteiger partial charge in [0, 0.05) is 4.70 Å². The lowest BCUT2D eigenvalue weighted by Gasteiger charge is -1.93. The zero-order valence-electron chi connectivity index (χ0n) is 7.43. The SMILES string of the molecule is COS(=O)(=O)c1cc2ccccc2s1. The molecule has 1 aromatic carbocycles. The fraction of sp³-hybridized carbons (Fsp3) is 0.111. The smallest absolute Gasteiger partial charge is 0.269 e. The quantitative estimate of drug-likeness (QED) is 0.740. The van der Waals surface area contributed by atoms with Crippen molar-refractivity contribution in [3.8, 4) is 0 Å². The molecule has 0 fully saturated rings. The summed E-state index contributed by atoms with van der Waals surface area (Å²) in [5.74, 6) is 0. The van der Waals surface area contributed by atoms with E-state index in [9.17, 15) is 8.42 Å². The van der Waals surface area contributed by atoms with E-state index in [1.165, 1.54) is 18.4 Å². The summed E-state index contributed by atoms with van der Waals surface area (Å²) in [6.07, 6.45) is 0. The Morgan fingerprint density at radius 2 is 2.00 bits per heavy atom. The number of hydrogen-bond donors (Lipinski definition) is 0.